The van der Waals surface area contributed by atoms with Crippen LogP contribution in [-0.2, 0) is 0 Å². The van der Waals surface area contributed by atoms with Gasteiger partial charge in [-0.3, -0.25) is 0 Å². The van der Waals surface area contributed by atoms with Crippen LogP contribution in [-0.4, -0.2) is 24.2 Å². The smallest absolute Gasteiger partial charge is 0.423 e. The van der Waals surface area contributed by atoms with Crippen LogP contribution in [0.15, 0.2) is 48.5 Å². The molecule has 0 aliphatic heterocycles. The van der Waals surface area contributed by atoms with Gasteiger partial charge in [0.05, 0.1) is 0 Å². The lowest BCUT2D eigenvalue weighted by molar-refractivity contribution is 0.426. The Morgan fingerprint density at radius 1 is 0.944 bits per heavy atom. The lowest BCUT2D eigenvalue weighted by Gasteiger charge is -2.21. The standard InChI is InChI=1S/C14H16BNO2/c1-11-5-3-4-6-14(11)16(2)13-9-7-12(8-10-13)15(17)18/h3-10,17-18H,1-2H3. The van der Waals surface area contributed by atoms with Crippen LogP contribution in [0, 0.1) is 6.92 Å². The fraction of sp³-hybridized carbons (Fsp3) is 0.143. The number of hydrogen-bond donors (Lipinski definition) is 2. The van der Waals surface area contributed by atoms with Crippen molar-refractivity contribution in [3.8, 4) is 0 Å². The van der Waals surface area contributed by atoms with Gasteiger partial charge in [0.25, 0.3) is 0 Å². The van der Waals surface area contributed by atoms with Crippen LogP contribution < -0.4 is 10.4 Å². The molecule has 0 aromatic heterocycles. The summed E-state index contributed by atoms with van der Waals surface area (Å²) in [5.41, 5.74) is 3.84. The van der Waals surface area contributed by atoms with Crippen molar-refractivity contribution in [2.75, 3.05) is 11.9 Å². The lowest BCUT2D eigenvalue weighted by atomic mass is 9.80. The van der Waals surface area contributed by atoms with Crippen molar-refractivity contribution >= 4 is 24.0 Å². The van der Waals surface area contributed by atoms with E-state index in [-0.39, 0.29) is 0 Å². The summed E-state index contributed by atoms with van der Waals surface area (Å²) < 4.78 is 0. The number of hydrogen-bond acceptors (Lipinski definition) is 3. The fourth-order valence-electron chi connectivity index (χ4n) is 1.95. The molecular weight excluding hydrogens is 225 g/mol. The fourth-order valence-corrected chi connectivity index (χ4v) is 1.95. The number of aryl methyl sites for hydroxylation is 1. The van der Waals surface area contributed by atoms with Gasteiger partial charge in [-0.2, -0.15) is 0 Å². The zero-order chi connectivity index (χ0) is 13.1. The highest BCUT2D eigenvalue weighted by Crippen LogP contribution is 2.25. The Kier molecular flexibility index (Phi) is 3.70. The van der Waals surface area contributed by atoms with Crippen LogP contribution in [0.1, 0.15) is 5.56 Å². The summed E-state index contributed by atoms with van der Waals surface area (Å²) in [4.78, 5) is 2.07. The molecule has 0 spiro atoms. The average Bonchev–Trinajstić information content (AvgIpc) is 2.38. The molecule has 0 radical (unpaired) electrons. The summed E-state index contributed by atoms with van der Waals surface area (Å²) in [7, 11) is 0.579. The average molecular weight is 241 g/mol. The topological polar surface area (TPSA) is 43.7 Å². The van der Waals surface area contributed by atoms with E-state index in [0.717, 1.165) is 11.4 Å². The highest BCUT2D eigenvalue weighted by atomic mass is 16.4. The van der Waals surface area contributed by atoms with E-state index in [4.69, 9.17) is 10.0 Å². The van der Waals surface area contributed by atoms with Crippen molar-refractivity contribution in [1.82, 2.24) is 0 Å². The van der Waals surface area contributed by atoms with Crippen LogP contribution in [0.4, 0.5) is 11.4 Å². The van der Waals surface area contributed by atoms with Crippen molar-refractivity contribution in [2.45, 2.75) is 6.92 Å². The van der Waals surface area contributed by atoms with Gasteiger partial charge in [0.15, 0.2) is 0 Å². The maximum atomic E-state index is 9.06. The van der Waals surface area contributed by atoms with Gasteiger partial charge in [-0.1, -0.05) is 30.3 Å². The molecule has 0 fully saturated rings. The zero-order valence-corrected chi connectivity index (χ0v) is 10.5. The molecule has 0 bridgehead atoms. The monoisotopic (exact) mass is 241 g/mol. The van der Waals surface area contributed by atoms with Gasteiger partial charge in [-0.25, -0.2) is 0 Å². The number of rotatable bonds is 3. The van der Waals surface area contributed by atoms with Crippen molar-refractivity contribution in [1.29, 1.82) is 0 Å². The molecule has 2 rings (SSSR count). The Labute approximate surface area is 107 Å². The van der Waals surface area contributed by atoms with E-state index in [9.17, 15) is 0 Å². The normalized spacial score (nSPS) is 10.2. The number of para-hydroxylation sites is 1. The van der Waals surface area contributed by atoms with Crippen LogP contribution in [0.25, 0.3) is 0 Å². The van der Waals surface area contributed by atoms with Gasteiger partial charge >= 0.3 is 7.12 Å². The molecule has 3 nitrogen and oxygen atoms in total. The maximum Gasteiger partial charge on any atom is 0.488 e. The Morgan fingerprint density at radius 3 is 2.11 bits per heavy atom. The van der Waals surface area contributed by atoms with Crippen LogP contribution in [0.5, 0.6) is 0 Å². The first kappa shape index (κ1) is 12.7. The Bertz CT molecular complexity index is 526. The lowest BCUT2D eigenvalue weighted by Crippen LogP contribution is -2.29. The molecular formula is C14H16BNO2. The molecule has 92 valence electrons. The second kappa shape index (κ2) is 5.25. The van der Waals surface area contributed by atoms with Crippen LogP contribution in [0.3, 0.4) is 0 Å². The first-order chi connectivity index (χ1) is 8.59. The third kappa shape index (κ3) is 2.55. The van der Waals surface area contributed by atoms with E-state index in [1.807, 2.05) is 31.3 Å². The molecule has 2 aromatic rings. The van der Waals surface area contributed by atoms with Crippen molar-refractivity contribution in [2.24, 2.45) is 0 Å². The molecule has 0 saturated carbocycles. The maximum absolute atomic E-state index is 9.06. The molecule has 2 N–H and O–H groups in total. The SMILES string of the molecule is Cc1ccccc1N(C)c1ccc(B(O)O)cc1. The van der Waals surface area contributed by atoms with Crippen molar-refractivity contribution in [3.05, 3.63) is 54.1 Å². The summed E-state index contributed by atoms with van der Waals surface area (Å²) in [6.07, 6.45) is 0. The van der Waals surface area contributed by atoms with Gasteiger partial charge in [0.2, 0.25) is 0 Å². The molecule has 0 atom stereocenters. The number of anilines is 2. The summed E-state index contributed by atoms with van der Waals surface area (Å²) in [6.45, 7) is 2.07. The Hall–Kier alpha value is -1.78. The molecule has 0 amide bonds. The van der Waals surface area contributed by atoms with Gasteiger partial charge in [-0.15, -0.1) is 0 Å². The minimum absolute atomic E-state index is 0.497. The molecule has 0 aliphatic carbocycles. The molecule has 0 heterocycles. The van der Waals surface area contributed by atoms with Gasteiger partial charge in [0.1, 0.15) is 0 Å². The second-order valence-corrected chi connectivity index (χ2v) is 4.31. The Balaban J connectivity index is 2.29. The van der Waals surface area contributed by atoms with Gasteiger partial charge in [0, 0.05) is 18.4 Å². The van der Waals surface area contributed by atoms with E-state index in [2.05, 4.69) is 24.0 Å². The number of benzene rings is 2. The quantitative estimate of drug-likeness (QED) is 0.799. The molecule has 0 aliphatic rings. The summed E-state index contributed by atoms with van der Waals surface area (Å²) >= 11 is 0. The predicted octanol–water partition coefficient (Wildman–Crippen LogP) is 1.44. The summed E-state index contributed by atoms with van der Waals surface area (Å²) in [5, 5.41) is 18.1. The molecule has 0 unspecified atom stereocenters. The van der Waals surface area contributed by atoms with Gasteiger partial charge in [-0.05, 0) is 36.1 Å². The Morgan fingerprint density at radius 2 is 1.56 bits per heavy atom. The van der Waals surface area contributed by atoms with E-state index in [1.165, 1.54) is 5.56 Å². The third-order valence-corrected chi connectivity index (χ3v) is 3.06. The molecule has 0 saturated heterocycles. The minimum atomic E-state index is -1.41. The first-order valence-electron chi connectivity index (χ1n) is 5.85. The predicted molar refractivity (Wildman–Crippen MR) is 75.5 cm³/mol. The van der Waals surface area contributed by atoms with Crippen LogP contribution in [0.2, 0.25) is 0 Å². The zero-order valence-electron chi connectivity index (χ0n) is 10.5. The first-order valence-corrected chi connectivity index (χ1v) is 5.85. The second-order valence-electron chi connectivity index (χ2n) is 4.31. The molecule has 18 heavy (non-hydrogen) atoms. The van der Waals surface area contributed by atoms with Crippen molar-refractivity contribution in [3.63, 3.8) is 0 Å². The largest absolute Gasteiger partial charge is 0.488 e. The molecule has 2 aromatic carbocycles. The van der Waals surface area contributed by atoms with Crippen molar-refractivity contribution < 1.29 is 10.0 Å². The van der Waals surface area contributed by atoms with Crippen LogP contribution >= 0.6 is 0 Å². The third-order valence-electron chi connectivity index (χ3n) is 3.06. The van der Waals surface area contributed by atoms with E-state index < -0.39 is 7.12 Å². The van der Waals surface area contributed by atoms with E-state index >= 15 is 0 Å². The highest BCUT2D eigenvalue weighted by Gasteiger charge is 2.11. The number of nitrogens with zero attached hydrogens (tertiary/aromatic N) is 1. The minimum Gasteiger partial charge on any atom is -0.423 e. The highest BCUT2D eigenvalue weighted by molar-refractivity contribution is 6.58. The van der Waals surface area contributed by atoms with E-state index in [0.29, 0.717) is 5.46 Å². The van der Waals surface area contributed by atoms with Gasteiger partial charge < -0.3 is 14.9 Å². The summed E-state index contributed by atoms with van der Waals surface area (Å²) in [6, 6.07) is 15.3. The molecule has 4 heteroatoms. The van der Waals surface area contributed by atoms with E-state index in [1.54, 1.807) is 12.1 Å². The summed E-state index contributed by atoms with van der Waals surface area (Å²) in [5.74, 6) is 0.